The number of aromatic nitrogens is 1. The van der Waals surface area contributed by atoms with Crippen LogP contribution in [0.5, 0.6) is 11.5 Å². The van der Waals surface area contributed by atoms with Gasteiger partial charge in [0.15, 0.2) is 11.7 Å². The smallest absolute Gasteiger partial charge is 0.264 e. The van der Waals surface area contributed by atoms with Gasteiger partial charge in [-0.2, -0.15) is 0 Å². The van der Waals surface area contributed by atoms with E-state index in [0.717, 1.165) is 28.8 Å². The van der Waals surface area contributed by atoms with Crippen LogP contribution in [0.4, 0.5) is 5.13 Å². The van der Waals surface area contributed by atoms with Crippen molar-refractivity contribution in [3.05, 3.63) is 45.9 Å². The number of carbonyl (C=O) groups excluding carboxylic acids is 1. The molecule has 0 spiro atoms. The molecule has 0 unspecified atom stereocenters. The second-order valence-electron chi connectivity index (χ2n) is 5.76. The highest BCUT2D eigenvalue weighted by molar-refractivity contribution is 9.10. The first-order chi connectivity index (χ1) is 13.0. The Labute approximate surface area is 174 Å². The van der Waals surface area contributed by atoms with Crippen LogP contribution >= 0.6 is 38.9 Å². The van der Waals surface area contributed by atoms with Gasteiger partial charge in [-0.15, -0.1) is 0 Å². The first-order valence-corrected chi connectivity index (χ1v) is 10.4. The van der Waals surface area contributed by atoms with Crippen LogP contribution in [-0.2, 0) is 4.79 Å². The molecule has 142 valence electrons. The van der Waals surface area contributed by atoms with Gasteiger partial charge in [0.1, 0.15) is 11.5 Å². The van der Waals surface area contributed by atoms with E-state index in [0.29, 0.717) is 27.0 Å². The third-order valence-corrected chi connectivity index (χ3v) is 5.41. The molecule has 0 fully saturated rings. The van der Waals surface area contributed by atoms with Gasteiger partial charge < -0.3 is 9.47 Å². The maximum Gasteiger partial charge on any atom is 0.264 e. The Morgan fingerprint density at radius 1 is 1.26 bits per heavy atom. The predicted octanol–water partition coefficient (Wildman–Crippen LogP) is 5.91. The van der Waals surface area contributed by atoms with Gasteiger partial charge in [0, 0.05) is 5.02 Å². The molecule has 1 amide bonds. The number of anilines is 1. The lowest BCUT2D eigenvalue weighted by molar-refractivity contribution is -0.118. The molecule has 3 rings (SSSR count). The van der Waals surface area contributed by atoms with Gasteiger partial charge in [0.2, 0.25) is 0 Å². The van der Waals surface area contributed by atoms with Gasteiger partial charge in [-0.25, -0.2) is 4.98 Å². The van der Waals surface area contributed by atoms with Crippen LogP contribution in [0.3, 0.4) is 0 Å². The Morgan fingerprint density at radius 2 is 2.11 bits per heavy atom. The summed E-state index contributed by atoms with van der Waals surface area (Å²) in [5.74, 6) is 1.08. The monoisotopic (exact) mass is 468 g/mol. The largest absolute Gasteiger partial charge is 0.494 e. The molecule has 1 aromatic heterocycles. The van der Waals surface area contributed by atoms with Gasteiger partial charge in [-0.3, -0.25) is 10.1 Å². The van der Waals surface area contributed by atoms with E-state index in [1.165, 1.54) is 11.3 Å². The molecule has 0 saturated carbocycles. The number of halogens is 2. The van der Waals surface area contributed by atoms with Gasteiger partial charge >= 0.3 is 0 Å². The number of ether oxygens (including phenoxy) is 2. The molecular weight excluding hydrogens is 452 g/mol. The number of nitrogens with one attached hydrogen (secondary N) is 1. The minimum atomic E-state index is -0.282. The average molecular weight is 470 g/mol. The molecule has 2 aromatic carbocycles. The molecular formula is C19H18BrClN2O3S. The van der Waals surface area contributed by atoms with Crippen LogP contribution in [-0.4, -0.2) is 24.1 Å². The predicted molar refractivity (Wildman–Crippen MR) is 113 cm³/mol. The quantitative estimate of drug-likeness (QED) is 0.417. The fourth-order valence-corrected chi connectivity index (χ4v) is 3.98. The summed E-state index contributed by atoms with van der Waals surface area (Å²) in [6.07, 6.45) is 2.11. The first kappa shape index (κ1) is 19.9. The molecule has 0 aliphatic heterocycles. The van der Waals surface area contributed by atoms with Gasteiger partial charge in [-0.1, -0.05) is 36.3 Å². The van der Waals surface area contributed by atoms with E-state index < -0.39 is 0 Å². The molecule has 0 bridgehead atoms. The topological polar surface area (TPSA) is 60.5 Å². The standard InChI is InChI=1S/C19H18BrClN2O3S/c1-2-3-8-25-13-5-6-15-17(10-13)27-19(22-15)23-18(24)11-26-16-7-4-12(21)9-14(16)20/h4-7,9-10H,2-3,8,11H2,1H3,(H,22,23,24). The number of carbonyl (C=O) groups is 1. The number of nitrogens with zero attached hydrogens (tertiary/aromatic N) is 1. The van der Waals surface area contributed by atoms with E-state index in [-0.39, 0.29) is 12.5 Å². The second-order valence-corrected chi connectivity index (χ2v) is 8.08. The van der Waals surface area contributed by atoms with Crippen molar-refractivity contribution in [3.63, 3.8) is 0 Å². The highest BCUT2D eigenvalue weighted by Gasteiger charge is 2.11. The maximum atomic E-state index is 12.1. The van der Waals surface area contributed by atoms with Crippen molar-refractivity contribution in [3.8, 4) is 11.5 Å². The average Bonchev–Trinajstić information content (AvgIpc) is 3.02. The summed E-state index contributed by atoms with van der Waals surface area (Å²) in [6.45, 7) is 2.70. The molecule has 0 atom stereocenters. The minimum absolute atomic E-state index is 0.123. The second kappa shape index (κ2) is 9.39. The number of fused-ring (bicyclic) bond motifs is 1. The zero-order chi connectivity index (χ0) is 19.2. The summed E-state index contributed by atoms with van der Waals surface area (Å²) in [4.78, 5) is 16.6. The first-order valence-electron chi connectivity index (χ1n) is 8.46. The van der Waals surface area contributed by atoms with Crippen LogP contribution in [0.15, 0.2) is 40.9 Å². The molecule has 5 nitrogen and oxygen atoms in total. The molecule has 1 heterocycles. The van der Waals surface area contributed by atoms with Crippen LogP contribution < -0.4 is 14.8 Å². The molecule has 0 aliphatic carbocycles. The Bertz CT molecular complexity index is 948. The third kappa shape index (κ3) is 5.57. The van der Waals surface area contributed by atoms with Crippen molar-refractivity contribution >= 4 is 60.1 Å². The van der Waals surface area contributed by atoms with Gasteiger partial charge in [-0.05, 0) is 58.7 Å². The Hall–Kier alpha value is -1.83. The van der Waals surface area contributed by atoms with Crippen molar-refractivity contribution in [1.82, 2.24) is 4.98 Å². The lowest BCUT2D eigenvalue weighted by atomic mass is 10.3. The van der Waals surface area contributed by atoms with Crippen molar-refractivity contribution in [2.45, 2.75) is 19.8 Å². The molecule has 8 heteroatoms. The number of hydrogen-bond donors (Lipinski definition) is 1. The highest BCUT2D eigenvalue weighted by Crippen LogP contribution is 2.30. The molecule has 1 N–H and O–H groups in total. The van der Waals surface area contributed by atoms with E-state index >= 15 is 0 Å². The van der Waals surface area contributed by atoms with Gasteiger partial charge in [0.25, 0.3) is 5.91 Å². The van der Waals surface area contributed by atoms with Crippen molar-refractivity contribution in [1.29, 1.82) is 0 Å². The number of thiazole rings is 1. The maximum absolute atomic E-state index is 12.1. The lowest BCUT2D eigenvalue weighted by Crippen LogP contribution is -2.20. The van der Waals surface area contributed by atoms with Gasteiger partial charge in [0.05, 0.1) is 21.3 Å². The summed E-state index contributed by atoms with van der Waals surface area (Å²) >= 11 is 10.6. The minimum Gasteiger partial charge on any atom is -0.494 e. The fourth-order valence-electron chi connectivity index (χ4n) is 2.27. The molecule has 3 aromatic rings. The van der Waals surface area contributed by atoms with Crippen LogP contribution in [0.25, 0.3) is 10.2 Å². The van der Waals surface area contributed by atoms with Crippen molar-refractivity contribution in [2.24, 2.45) is 0 Å². The number of amides is 1. The number of benzene rings is 2. The molecule has 27 heavy (non-hydrogen) atoms. The fraction of sp³-hybridized carbons (Fsp3) is 0.263. The summed E-state index contributed by atoms with van der Waals surface area (Å²) in [7, 11) is 0. The van der Waals surface area contributed by atoms with E-state index in [4.69, 9.17) is 21.1 Å². The van der Waals surface area contributed by atoms with E-state index in [1.54, 1.807) is 18.2 Å². The van der Waals surface area contributed by atoms with E-state index in [2.05, 4.69) is 33.2 Å². The molecule has 0 radical (unpaired) electrons. The van der Waals surface area contributed by atoms with Crippen LogP contribution in [0.2, 0.25) is 5.02 Å². The normalized spacial score (nSPS) is 10.8. The molecule has 0 saturated heterocycles. The summed E-state index contributed by atoms with van der Waals surface area (Å²) in [6, 6.07) is 10.8. The lowest BCUT2D eigenvalue weighted by Gasteiger charge is -2.07. The number of hydrogen-bond acceptors (Lipinski definition) is 5. The molecule has 0 aliphatic rings. The third-order valence-electron chi connectivity index (χ3n) is 3.63. The Morgan fingerprint density at radius 3 is 2.89 bits per heavy atom. The summed E-state index contributed by atoms with van der Waals surface area (Å²) in [5, 5.41) is 3.88. The number of rotatable bonds is 8. The van der Waals surface area contributed by atoms with Crippen molar-refractivity contribution < 1.29 is 14.3 Å². The number of unbranched alkanes of at least 4 members (excludes halogenated alkanes) is 1. The van der Waals surface area contributed by atoms with E-state index in [9.17, 15) is 4.79 Å². The zero-order valence-electron chi connectivity index (χ0n) is 14.6. The SMILES string of the molecule is CCCCOc1ccc2nc(NC(=O)COc3ccc(Cl)cc3Br)sc2c1. The van der Waals surface area contributed by atoms with Crippen LogP contribution in [0, 0.1) is 0 Å². The summed E-state index contributed by atoms with van der Waals surface area (Å²) < 4.78 is 12.9. The summed E-state index contributed by atoms with van der Waals surface area (Å²) in [5.41, 5.74) is 0.819. The highest BCUT2D eigenvalue weighted by atomic mass is 79.9. The Kier molecular flexibility index (Phi) is 6.93. The Balaban J connectivity index is 1.59. The van der Waals surface area contributed by atoms with Crippen molar-refractivity contribution in [2.75, 3.05) is 18.5 Å². The van der Waals surface area contributed by atoms with Crippen LogP contribution in [0.1, 0.15) is 19.8 Å². The zero-order valence-corrected chi connectivity index (χ0v) is 17.8. The van der Waals surface area contributed by atoms with E-state index in [1.807, 2.05) is 18.2 Å².